The number of ketones is 1. The lowest BCUT2D eigenvalue weighted by molar-refractivity contribution is -0.122. The fraction of sp³-hybridized carbons (Fsp3) is 0.500. The molecule has 3 heteroatoms. The summed E-state index contributed by atoms with van der Waals surface area (Å²) in [6, 6.07) is 4.90. The minimum Gasteiger partial charge on any atom is -0.299 e. The first-order chi connectivity index (χ1) is 8.06. The van der Waals surface area contributed by atoms with E-state index in [1.807, 2.05) is 6.92 Å². The normalized spacial score (nSPS) is 12.5. The second-order valence-corrected chi connectivity index (χ2v) is 4.78. The molecule has 0 amide bonds. The lowest BCUT2D eigenvalue weighted by atomic mass is 9.96. The summed E-state index contributed by atoms with van der Waals surface area (Å²) in [5.41, 5.74) is 0.523. The summed E-state index contributed by atoms with van der Waals surface area (Å²) in [4.78, 5) is 11.7. The number of rotatable bonds is 6. The molecule has 0 bridgehead atoms. The number of halogens is 2. The molecule has 17 heavy (non-hydrogen) atoms. The molecule has 1 rings (SSSR count). The second kappa shape index (κ2) is 6.75. The van der Waals surface area contributed by atoms with Gasteiger partial charge in [-0.3, -0.25) is 4.79 Å². The predicted octanol–water partition coefficient (Wildman–Crippen LogP) is 4.42. The Balaban J connectivity index is 2.56. The molecule has 1 aromatic carbocycles. The van der Waals surface area contributed by atoms with Crippen molar-refractivity contribution in [3.63, 3.8) is 0 Å². The summed E-state index contributed by atoms with van der Waals surface area (Å²) in [6.07, 6.45) is 2.72. The third-order valence-electron chi connectivity index (χ3n) is 2.94. The van der Waals surface area contributed by atoms with Crippen LogP contribution in [-0.2, 0) is 11.2 Å². The Labute approximate surface area is 107 Å². The van der Waals surface area contributed by atoms with Crippen LogP contribution in [0.5, 0.6) is 0 Å². The van der Waals surface area contributed by atoms with Crippen LogP contribution in [0.1, 0.15) is 38.7 Å². The molecule has 0 spiro atoms. The number of carbonyl (C=O) groups excluding carboxylic acids is 1. The van der Waals surface area contributed by atoms with Gasteiger partial charge in [0.25, 0.3) is 0 Å². The van der Waals surface area contributed by atoms with Crippen LogP contribution < -0.4 is 0 Å². The van der Waals surface area contributed by atoms with Crippen molar-refractivity contribution in [2.45, 2.75) is 39.5 Å². The van der Waals surface area contributed by atoms with E-state index in [0.717, 1.165) is 12.8 Å². The summed E-state index contributed by atoms with van der Waals surface area (Å²) < 4.78 is 13.6. The van der Waals surface area contributed by atoms with Crippen molar-refractivity contribution in [3.05, 3.63) is 34.6 Å². The van der Waals surface area contributed by atoms with E-state index >= 15 is 0 Å². The van der Waals surface area contributed by atoms with Crippen LogP contribution in [0.25, 0.3) is 0 Å². The van der Waals surface area contributed by atoms with Gasteiger partial charge >= 0.3 is 0 Å². The van der Waals surface area contributed by atoms with E-state index in [4.69, 9.17) is 11.6 Å². The number of carbonyl (C=O) groups is 1. The zero-order valence-corrected chi connectivity index (χ0v) is 11.1. The maximum Gasteiger partial charge on any atom is 0.144 e. The molecule has 0 fully saturated rings. The largest absolute Gasteiger partial charge is 0.299 e. The molecule has 94 valence electrons. The predicted molar refractivity (Wildman–Crippen MR) is 68.8 cm³/mol. The molecular weight excluding hydrogens is 239 g/mol. The molecule has 1 atom stereocenters. The van der Waals surface area contributed by atoms with Gasteiger partial charge < -0.3 is 0 Å². The molecule has 1 nitrogen and oxygen atoms in total. The average Bonchev–Trinajstić information content (AvgIpc) is 2.31. The van der Waals surface area contributed by atoms with Crippen molar-refractivity contribution in [1.82, 2.24) is 0 Å². The molecule has 0 radical (unpaired) electrons. The molecular formula is C14H18ClFO. The average molecular weight is 257 g/mol. The number of benzene rings is 1. The van der Waals surface area contributed by atoms with Crippen molar-refractivity contribution in [1.29, 1.82) is 0 Å². The fourth-order valence-electron chi connectivity index (χ4n) is 1.84. The summed E-state index contributed by atoms with van der Waals surface area (Å²) in [5.74, 6) is -0.126. The minimum absolute atomic E-state index is 0.0715. The molecule has 0 heterocycles. The third-order valence-corrected chi connectivity index (χ3v) is 3.24. The summed E-state index contributed by atoms with van der Waals surface area (Å²) >= 11 is 5.68. The Kier molecular flexibility index (Phi) is 5.63. The first-order valence-corrected chi connectivity index (χ1v) is 6.39. The van der Waals surface area contributed by atoms with Gasteiger partial charge in [0.15, 0.2) is 0 Å². The lowest BCUT2D eigenvalue weighted by Crippen LogP contribution is -2.11. The van der Waals surface area contributed by atoms with Crippen LogP contribution in [0.2, 0.25) is 5.02 Å². The Morgan fingerprint density at radius 3 is 2.82 bits per heavy atom. The first kappa shape index (κ1) is 14.2. The number of hydrogen-bond acceptors (Lipinski definition) is 1. The summed E-state index contributed by atoms with van der Waals surface area (Å²) in [5, 5.41) is 0.122. The van der Waals surface area contributed by atoms with Crippen molar-refractivity contribution in [2.75, 3.05) is 0 Å². The van der Waals surface area contributed by atoms with Gasteiger partial charge in [-0.15, -0.1) is 0 Å². The molecule has 0 saturated heterocycles. The third kappa shape index (κ3) is 4.12. The smallest absolute Gasteiger partial charge is 0.144 e. The van der Waals surface area contributed by atoms with Gasteiger partial charge in [-0.1, -0.05) is 44.0 Å². The van der Waals surface area contributed by atoms with Gasteiger partial charge in [0.1, 0.15) is 11.6 Å². The highest BCUT2D eigenvalue weighted by Crippen LogP contribution is 2.20. The van der Waals surface area contributed by atoms with Gasteiger partial charge in [-0.2, -0.15) is 0 Å². The number of hydrogen-bond donors (Lipinski definition) is 0. The van der Waals surface area contributed by atoms with Crippen LogP contribution >= 0.6 is 11.6 Å². The van der Waals surface area contributed by atoms with Gasteiger partial charge in [0.2, 0.25) is 0 Å². The standard InChI is InChI=1S/C14H18ClFO/c1-3-5-10(2)13(17)9-8-11-6-4-7-12(15)14(11)16/h4,6-7,10H,3,5,8-9H2,1-2H3/t10-/m0/s1. The maximum absolute atomic E-state index is 13.6. The molecule has 0 N–H and O–H groups in total. The highest BCUT2D eigenvalue weighted by molar-refractivity contribution is 6.30. The van der Waals surface area contributed by atoms with E-state index in [1.54, 1.807) is 12.1 Å². The highest BCUT2D eigenvalue weighted by Gasteiger charge is 2.13. The van der Waals surface area contributed by atoms with Crippen LogP contribution in [0.3, 0.4) is 0 Å². The summed E-state index contributed by atoms with van der Waals surface area (Å²) in [6.45, 7) is 3.99. The van der Waals surface area contributed by atoms with Gasteiger partial charge in [0.05, 0.1) is 5.02 Å². The van der Waals surface area contributed by atoms with Crippen molar-refractivity contribution >= 4 is 17.4 Å². The molecule has 0 aliphatic heterocycles. The first-order valence-electron chi connectivity index (χ1n) is 6.01. The minimum atomic E-state index is -0.398. The quantitative estimate of drug-likeness (QED) is 0.737. The van der Waals surface area contributed by atoms with Gasteiger partial charge in [-0.05, 0) is 24.5 Å². The van der Waals surface area contributed by atoms with E-state index in [1.165, 1.54) is 6.07 Å². The van der Waals surface area contributed by atoms with Crippen molar-refractivity contribution in [2.24, 2.45) is 5.92 Å². The Morgan fingerprint density at radius 1 is 1.47 bits per heavy atom. The lowest BCUT2D eigenvalue weighted by Gasteiger charge is -2.09. The van der Waals surface area contributed by atoms with Gasteiger partial charge in [-0.25, -0.2) is 4.39 Å². The summed E-state index contributed by atoms with van der Waals surface area (Å²) in [7, 11) is 0. The molecule has 1 aromatic rings. The van der Waals surface area contributed by atoms with E-state index < -0.39 is 5.82 Å². The molecule has 0 aliphatic carbocycles. The van der Waals surface area contributed by atoms with Crippen LogP contribution in [0.4, 0.5) is 4.39 Å². The molecule has 0 saturated carbocycles. The molecule has 0 aromatic heterocycles. The van der Waals surface area contributed by atoms with E-state index in [9.17, 15) is 9.18 Å². The number of aryl methyl sites for hydroxylation is 1. The Bertz CT molecular complexity index is 390. The van der Waals surface area contributed by atoms with Crippen LogP contribution in [0, 0.1) is 11.7 Å². The number of Topliss-reactive ketones (excluding diaryl/α,β-unsaturated/α-hetero) is 1. The highest BCUT2D eigenvalue weighted by atomic mass is 35.5. The van der Waals surface area contributed by atoms with Gasteiger partial charge in [0, 0.05) is 12.3 Å². The second-order valence-electron chi connectivity index (χ2n) is 4.37. The SMILES string of the molecule is CCC[C@H](C)C(=O)CCc1cccc(Cl)c1F. The Hall–Kier alpha value is -0.890. The molecule has 0 unspecified atom stereocenters. The van der Waals surface area contributed by atoms with E-state index in [2.05, 4.69) is 6.92 Å². The van der Waals surface area contributed by atoms with Crippen LogP contribution in [-0.4, -0.2) is 5.78 Å². The maximum atomic E-state index is 13.6. The van der Waals surface area contributed by atoms with Crippen molar-refractivity contribution in [3.8, 4) is 0 Å². The fourth-order valence-corrected chi connectivity index (χ4v) is 2.03. The Morgan fingerprint density at radius 2 is 2.18 bits per heavy atom. The zero-order chi connectivity index (χ0) is 12.8. The topological polar surface area (TPSA) is 17.1 Å². The zero-order valence-electron chi connectivity index (χ0n) is 10.3. The molecule has 0 aliphatic rings. The van der Waals surface area contributed by atoms with E-state index in [0.29, 0.717) is 18.4 Å². The van der Waals surface area contributed by atoms with E-state index in [-0.39, 0.29) is 16.7 Å². The van der Waals surface area contributed by atoms with Crippen LogP contribution in [0.15, 0.2) is 18.2 Å². The van der Waals surface area contributed by atoms with Crippen molar-refractivity contribution < 1.29 is 9.18 Å². The monoisotopic (exact) mass is 256 g/mol.